The first-order valence-electron chi connectivity index (χ1n) is 7.53. The molecule has 2 heterocycles. The van der Waals surface area contributed by atoms with E-state index in [-0.39, 0.29) is 18.1 Å². The summed E-state index contributed by atoms with van der Waals surface area (Å²) in [5.74, 6) is 0.605. The number of aromatic nitrogens is 1. The molecule has 3 rings (SSSR count). The molecule has 6 heteroatoms. The van der Waals surface area contributed by atoms with Gasteiger partial charge in [-0.2, -0.15) is 0 Å². The first kappa shape index (κ1) is 14.8. The van der Waals surface area contributed by atoms with Gasteiger partial charge in [-0.25, -0.2) is 9.78 Å². The van der Waals surface area contributed by atoms with Crippen molar-refractivity contribution in [1.82, 2.24) is 9.88 Å². The number of hydrogen-bond acceptors (Lipinski definition) is 4. The van der Waals surface area contributed by atoms with Gasteiger partial charge in [-0.1, -0.05) is 6.92 Å². The van der Waals surface area contributed by atoms with Gasteiger partial charge in [0.05, 0.1) is 6.61 Å². The van der Waals surface area contributed by atoms with E-state index in [0.29, 0.717) is 30.3 Å². The Bertz CT molecular complexity index is 697. The number of carbonyl (C=O) groups excluding carboxylic acids is 1. The molecule has 1 atom stereocenters. The van der Waals surface area contributed by atoms with E-state index >= 15 is 0 Å². The molecule has 0 radical (unpaired) electrons. The van der Waals surface area contributed by atoms with Gasteiger partial charge in [-0.15, -0.1) is 0 Å². The van der Waals surface area contributed by atoms with Crippen molar-refractivity contribution < 1.29 is 14.3 Å². The van der Waals surface area contributed by atoms with E-state index in [9.17, 15) is 9.90 Å². The Morgan fingerprint density at radius 3 is 3.14 bits per heavy atom. The number of fused-ring (bicyclic) bond motifs is 1. The minimum Gasteiger partial charge on any atom is -0.441 e. The number of oxazole rings is 1. The van der Waals surface area contributed by atoms with E-state index in [2.05, 4.69) is 10.3 Å². The van der Waals surface area contributed by atoms with Crippen LogP contribution in [0.3, 0.4) is 0 Å². The van der Waals surface area contributed by atoms with Gasteiger partial charge in [0.15, 0.2) is 11.5 Å². The summed E-state index contributed by atoms with van der Waals surface area (Å²) in [6, 6.07) is 5.28. The molecule has 2 aromatic rings. The predicted octanol–water partition coefficient (Wildman–Crippen LogP) is 2.76. The summed E-state index contributed by atoms with van der Waals surface area (Å²) >= 11 is 0. The summed E-state index contributed by atoms with van der Waals surface area (Å²) in [6.45, 7) is 5.18. The number of rotatable bonds is 2. The average molecular weight is 303 g/mol. The first-order valence-corrected chi connectivity index (χ1v) is 7.53. The van der Waals surface area contributed by atoms with Gasteiger partial charge >= 0.3 is 6.03 Å². The van der Waals surface area contributed by atoms with Gasteiger partial charge in [0, 0.05) is 37.2 Å². The normalized spacial score (nSPS) is 22.0. The number of aliphatic hydroxyl groups excluding tert-OH is 1. The van der Waals surface area contributed by atoms with Crippen molar-refractivity contribution in [3.8, 4) is 0 Å². The SMILES string of the molecule is Cc1nc2ccc(NC(=O)N3CCCC(C)(CO)C3)cc2o1. The maximum atomic E-state index is 12.4. The fraction of sp³-hybridized carbons (Fsp3) is 0.500. The number of hydrogen-bond donors (Lipinski definition) is 2. The molecule has 0 spiro atoms. The largest absolute Gasteiger partial charge is 0.441 e. The quantitative estimate of drug-likeness (QED) is 0.894. The number of aliphatic hydroxyl groups is 1. The Hall–Kier alpha value is -2.08. The summed E-state index contributed by atoms with van der Waals surface area (Å²) < 4.78 is 5.48. The highest BCUT2D eigenvalue weighted by atomic mass is 16.3. The van der Waals surface area contributed by atoms with E-state index in [1.54, 1.807) is 17.9 Å². The molecule has 1 fully saturated rings. The third-order valence-electron chi connectivity index (χ3n) is 4.20. The van der Waals surface area contributed by atoms with Gasteiger partial charge in [-0.3, -0.25) is 0 Å². The third kappa shape index (κ3) is 2.92. The Kier molecular flexibility index (Phi) is 3.78. The summed E-state index contributed by atoms with van der Waals surface area (Å²) in [5.41, 5.74) is 1.92. The Labute approximate surface area is 129 Å². The summed E-state index contributed by atoms with van der Waals surface area (Å²) in [5, 5.41) is 12.4. The summed E-state index contributed by atoms with van der Waals surface area (Å²) in [4.78, 5) is 18.4. The van der Waals surface area contributed by atoms with Crippen molar-refractivity contribution in [3.05, 3.63) is 24.1 Å². The number of carbonyl (C=O) groups is 1. The molecule has 1 aromatic carbocycles. The fourth-order valence-electron chi connectivity index (χ4n) is 2.94. The number of likely N-dealkylation sites (tertiary alicyclic amines) is 1. The molecule has 0 aliphatic carbocycles. The number of nitrogens with one attached hydrogen (secondary N) is 1. The van der Waals surface area contributed by atoms with E-state index in [1.165, 1.54) is 0 Å². The van der Waals surface area contributed by atoms with Gasteiger partial charge in [0.25, 0.3) is 0 Å². The van der Waals surface area contributed by atoms with Crippen LogP contribution in [-0.2, 0) is 0 Å². The van der Waals surface area contributed by atoms with E-state index < -0.39 is 0 Å². The molecule has 0 saturated carbocycles. The van der Waals surface area contributed by atoms with Crippen LogP contribution in [0.5, 0.6) is 0 Å². The van der Waals surface area contributed by atoms with E-state index in [1.807, 2.05) is 19.1 Å². The van der Waals surface area contributed by atoms with Crippen LogP contribution in [-0.4, -0.2) is 40.7 Å². The number of piperidine rings is 1. The van der Waals surface area contributed by atoms with Gasteiger partial charge in [-0.05, 0) is 25.0 Å². The zero-order valence-corrected chi connectivity index (χ0v) is 12.9. The second kappa shape index (κ2) is 5.61. The van der Waals surface area contributed by atoms with Crippen LogP contribution in [0.15, 0.2) is 22.6 Å². The highest BCUT2D eigenvalue weighted by molar-refractivity contribution is 5.91. The summed E-state index contributed by atoms with van der Waals surface area (Å²) in [6.07, 6.45) is 1.85. The Balaban J connectivity index is 1.72. The van der Waals surface area contributed by atoms with Crippen molar-refractivity contribution >= 4 is 22.8 Å². The summed E-state index contributed by atoms with van der Waals surface area (Å²) in [7, 11) is 0. The number of anilines is 1. The number of urea groups is 1. The molecule has 1 aliphatic heterocycles. The van der Waals surface area contributed by atoms with Crippen LogP contribution in [0.4, 0.5) is 10.5 Å². The Morgan fingerprint density at radius 1 is 1.55 bits per heavy atom. The van der Waals surface area contributed by atoms with Crippen LogP contribution >= 0.6 is 0 Å². The van der Waals surface area contributed by atoms with Crippen LogP contribution in [0.25, 0.3) is 11.1 Å². The molecule has 2 N–H and O–H groups in total. The number of amides is 2. The zero-order chi connectivity index (χ0) is 15.7. The lowest BCUT2D eigenvalue weighted by Crippen LogP contribution is -2.47. The van der Waals surface area contributed by atoms with Crippen molar-refractivity contribution in [2.45, 2.75) is 26.7 Å². The lowest BCUT2D eigenvalue weighted by atomic mass is 9.83. The van der Waals surface area contributed by atoms with Crippen molar-refractivity contribution in [1.29, 1.82) is 0 Å². The monoisotopic (exact) mass is 303 g/mol. The predicted molar refractivity (Wildman–Crippen MR) is 83.8 cm³/mol. The van der Waals surface area contributed by atoms with Crippen molar-refractivity contribution in [2.24, 2.45) is 5.41 Å². The number of nitrogens with zero attached hydrogens (tertiary/aromatic N) is 2. The second-order valence-corrected chi connectivity index (χ2v) is 6.34. The highest BCUT2D eigenvalue weighted by Crippen LogP contribution is 2.29. The molecule has 1 aromatic heterocycles. The number of benzene rings is 1. The first-order chi connectivity index (χ1) is 10.5. The standard InChI is InChI=1S/C16H21N3O3/c1-11-17-13-5-4-12(8-14(13)22-11)18-15(21)19-7-3-6-16(2,9-19)10-20/h4-5,8,20H,3,6-7,9-10H2,1-2H3,(H,18,21). The second-order valence-electron chi connectivity index (χ2n) is 6.34. The molecule has 6 nitrogen and oxygen atoms in total. The molecular weight excluding hydrogens is 282 g/mol. The van der Waals surface area contributed by atoms with Crippen LogP contribution in [0, 0.1) is 12.3 Å². The van der Waals surface area contributed by atoms with Crippen molar-refractivity contribution in [2.75, 3.05) is 25.0 Å². The lowest BCUT2D eigenvalue weighted by molar-refractivity contribution is 0.0648. The van der Waals surface area contributed by atoms with Gasteiger partial charge in [0.1, 0.15) is 5.52 Å². The maximum absolute atomic E-state index is 12.4. The Morgan fingerprint density at radius 2 is 2.36 bits per heavy atom. The highest BCUT2D eigenvalue weighted by Gasteiger charge is 2.32. The molecular formula is C16H21N3O3. The molecule has 2 amide bonds. The van der Waals surface area contributed by atoms with E-state index in [0.717, 1.165) is 18.4 Å². The average Bonchev–Trinajstić information content (AvgIpc) is 2.86. The van der Waals surface area contributed by atoms with Crippen LogP contribution < -0.4 is 5.32 Å². The minimum atomic E-state index is -0.207. The number of aryl methyl sites for hydroxylation is 1. The maximum Gasteiger partial charge on any atom is 0.321 e. The molecule has 0 bridgehead atoms. The molecule has 22 heavy (non-hydrogen) atoms. The van der Waals surface area contributed by atoms with Crippen molar-refractivity contribution in [3.63, 3.8) is 0 Å². The van der Waals surface area contributed by atoms with Crippen LogP contribution in [0.2, 0.25) is 0 Å². The third-order valence-corrected chi connectivity index (χ3v) is 4.20. The molecule has 118 valence electrons. The van der Waals surface area contributed by atoms with E-state index in [4.69, 9.17) is 4.42 Å². The molecule has 1 unspecified atom stereocenters. The minimum absolute atomic E-state index is 0.0973. The smallest absolute Gasteiger partial charge is 0.321 e. The molecule has 1 aliphatic rings. The lowest BCUT2D eigenvalue weighted by Gasteiger charge is -2.39. The topological polar surface area (TPSA) is 78.6 Å². The molecule has 1 saturated heterocycles. The van der Waals surface area contributed by atoms with Gasteiger partial charge < -0.3 is 19.7 Å². The van der Waals surface area contributed by atoms with Gasteiger partial charge in [0.2, 0.25) is 0 Å². The van der Waals surface area contributed by atoms with Crippen LogP contribution in [0.1, 0.15) is 25.7 Å². The fourth-order valence-corrected chi connectivity index (χ4v) is 2.94. The zero-order valence-electron chi connectivity index (χ0n) is 12.9.